The van der Waals surface area contributed by atoms with Gasteiger partial charge in [0, 0.05) is 12.1 Å². The van der Waals surface area contributed by atoms with E-state index in [1.54, 1.807) is 18.2 Å². The Balaban J connectivity index is 1.76. The summed E-state index contributed by atoms with van der Waals surface area (Å²) in [5, 5.41) is 2.92. The van der Waals surface area contributed by atoms with Crippen LogP contribution in [0.25, 0.3) is 0 Å². The van der Waals surface area contributed by atoms with Crippen LogP contribution in [0.4, 0.5) is 4.39 Å². The highest BCUT2D eigenvalue weighted by molar-refractivity contribution is 5.95. The van der Waals surface area contributed by atoms with E-state index in [0.717, 1.165) is 11.1 Å². The van der Waals surface area contributed by atoms with Crippen LogP contribution in [0.1, 0.15) is 27.5 Å². The first-order chi connectivity index (χ1) is 15.9. The fourth-order valence-electron chi connectivity index (χ4n) is 3.49. The number of methoxy groups -OCH3 is 2. The largest absolute Gasteiger partial charge is 0.493 e. The summed E-state index contributed by atoms with van der Waals surface area (Å²) in [4.78, 5) is 14.9. The summed E-state index contributed by atoms with van der Waals surface area (Å²) in [6.07, 6.45) is 0. The quantitative estimate of drug-likeness (QED) is 0.492. The van der Waals surface area contributed by atoms with E-state index < -0.39 is 0 Å². The first-order valence-electron chi connectivity index (χ1n) is 10.6. The topological polar surface area (TPSA) is 60.0 Å². The van der Waals surface area contributed by atoms with Crippen LogP contribution < -0.4 is 19.5 Å². The highest BCUT2D eigenvalue weighted by atomic mass is 19.1. The maximum Gasteiger partial charge on any atom is 0.251 e. The molecular weight excluding hydrogens is 423 g/mol. The van der Waals surface area contributed by atoms with Crippen molar-refractivity contribution in [3.8, 4) is 17.2 Å². The number of halogens is 1. The minimum Gasteiger partial charge on any atom is -0.493 e. The Morgan fingerprint density at radius 3 is 2.21 bits per heavy atom. The molecule has 1 unspecified atom stereocenters. The van der Waals surface area contributed by atoms with Crippen LogP contribution in [-0.4, -0.2) is 45.7 Å². The average Bonchev–Trinajstić information content (AvgIpc) is 2.82. The molecule has 0 aliphatic heterocycles. The van der Waals surface area contributed by atoms with Crippen LogP contribution in [0, 0.1) is 5.82 Å². The summed E-state index contributed by atoms with van der Waals surface area (Å²) in [5.41, 5.74) is 2.14. The number of amides is 1. The fraction of sp³-hybridized carbons (Fsp3) is 0.269. The van der Waals surface area contributed by atoms with Crippen molar-refractivity contribution >= 4 is 5.91 Å². The maximum absolute atomic E-state index is 13.7. The molecule has 0 spiro atoms. The molecule has 0 bridgehead atoms. The van der Waals surface area contributed by atoms with Crippen LogP contribution >= 0.6 is 0 Å². The zero-order valence-electron chi connectivity index (χ0n) is 19.3. The van der Waals surface area contributed by atoms with Crippen molar-refractivity contribution in [1.29, 1.82) is 0 Å². The Morgan fingerprint density at radius 1 is 0.970 bits per heavy atom. The van der Waals surface area contributed by atoms with Crippen molar-refractivity contribution in [3.63, 3.8) is 0 Å². The van der Waals surface area contributed by atoms with Crippen molar-refractivity contribution in [3.05, 3.63) is 89.2 Å². The van der Waals surface area contributed by atoms with Crippen molar-refractivity contribution in [1.82, 2.24) is 10.2 Å². The molecule has 3 aromatic rings. The molecule has 1 N–H and O–H groups in total. The molecule has 7 heteroatoms. The summed E-state index contributed by atoms with van der Waals surface area (Å²) in [7, 11) is 6.79. The molecule has 0 radical (unpaired) electrons. The van der Waals surface area contributed by atoms with E-state index in [1.165, 1.54) is 26.4 Å². The lowest BCUT2D eigenvalue weighted by Crippen LogP contribution is -2.34. The van der Waals surface area contributed by atoms with Gasteiger partial charge in [0.05, 0.1) is 20.3 Å². The zero-order valence-corrected chi connectivity index (χ0v) is 19.3. The van der Waals surface area contributed by atoms with Crippen LogP contribution in [-0.2, 0) is 6.61 Å². The molecule has 0 saturated heterocycles. The smallest absolute Gasteiger partial charge is 0.251 e. The maximum atomic E-state index is 13.7. The number of hydrogen-bond donors (Lipinski definition) is 1. The van der Waals surface area contributed by atoms with E-state index in [0.29, 0.717) is 36.0 Å². The third kappa shape index (κ3) is 6.23. The van der Waals surface area contributed by atoms with Gasteiger partial charge < -0.3 is 24.4 Å². The van der Waals surface area contributed by atoms with Gasteiger partial charge in [0.25, 0.3) is 5.91 Å². The number of hydrogen-bond acceptors (Lipinski definition) is 5. The summed E-state index contributed by atoms with van der Waals surface area (Å²) in [5.74, 6) is 0.594. The molecule has 3 aromatic carbocycles. The molecule has 0 aliphatic rings. The molecule has 174 valence electrons. The van der Waals surface area contributed by atoms with Crippen LogP contribution in [0.5, 0.6) is 17.2 Å². The summed E-state index contributed by atoms with van der Waals surface area (Å²) in [6.45, 7) is 0.628. The lowest BCUT2D eigenvalue weighted by Gasteiger charge is -2.25. The van der Waals surface area contributed by atoms with Crippen LogP contribution in [0.15, 0.2) is 66.7 Å². The van der Waals surface area contributed by atoms with E-state index in [2.05, 4.69) is 5.32 Å². The van der Waals surface area contributed by atoms with Gasteiger partial charge in [-0.05, 0) is 49.5 Å². The molecule has 0 aromatic heterocycles. The predicted octanol–water partition coefficient (Wildman–Crippen LogP) is 4.45. The summed E-state index contributed by atoms with van der Waals surface area (Å²) in [6, 6.07) is 19.1. The Morgan fingerprint density at radius 2 is 1.64 bits per heavy atom. The summed E-state index contributed by atoms with van der Waals surface area (Å²) < 4.78 is 30.6. The number of carbonyl (C=O) groups excluding carboxylic acids is 1. The van der Waals surface area contributed by atoms with E-state index in [9.17, 15) is 9.18 Å². The highest BCUT2D eigenvalue weighted by Crippen LogP contribution is 2.39. The average molecular weight is 453 g/mol. The molecule has 0 saturated carbocycles. The van der Waals surface area contributed by atoms with Crippen molar-refractivity contribution in [2.45, 2.75) is 12.6 Å². The highest BCUT2D eigenvalue weighted by Gasteiger charge is 2.20. The monoisotopic (exact) mass is 452 g/mol. The van der Waals surface area contributed by atoms with E-state index in [-0.39, 0.29) is 17.8 Å². The summed E-state index contributed by atoms with van der Waals surface area (Å²) >= 11 is 0. The minimum absolute atomic E-state index is 0.193. The van der Waals surface area contributed by atoms with Gasteiger partial charge in [-0.3, -0.25) is 4.79 Å². The van der Waals surface area contributed by atoms with Crippen molar-refractivity contribution < 1.29 is 23.4 Å². The van der Waals surface area contributed by atoms with E-state index in [1.807, 2.05) is 55.4 Å². The molecule has 3 rings (SSSR count). The molecule has 0 heterocycles. The molecular formula is C26H29FN2O4. The van der Waals surface area contributed by atoms with E-state index >= 15 is 0 Å². The third-order valence-electron chi connectivity index (χ3n) is 5.26. The number of rotatable bonds is 10. The fourth-order valence-corrected chi connectivity index (χ4v) is 3.49. The number of nitrogens with one attached hydrogen (secondary N) is 1. The number of nitrogens with zero attached hydrogens (tertiary/aromatic N) is 1. The molecule has 6 nitrogen and oxygen atoms in total. The van der Waals surface area contributed by atoms with Gasteiger partial charge in [-0.25, -0.2) is 4.39 Å². The number of likely N-dealkylation sites (N-methyl/N-ethyl adjacent to an activating group) is 1. The normalized spacial score (nSPS) is 11.7. The third-order valence-corrected chi connectivity index (χ3v) is 5.26. The second-order valence-electron chi connectivity index (χ2n) is 7.73. The van der Waals surface area contributed by atoms with Crippen LogP contribution in [0.3, 0.4) is 0 Å². The Bertz CT molecular complexity index is 1050. The van der Waals surface area contributed by atoms with Gasteiger partial charge in [0.2, 0.25) is 5.75 Å². The number of benzene rings is 3. The lowest BCUT2D eigenvalue weighted by molar-refractivity contribution is 0.0941. The SMILES string of the molecule is COc1cc(C(=O)NCC(c2cccc(F)c2)N(C)C)cc(OC)c1OCc1ccccc1. The first kappa shape index (κ1) is 24.1. The molecule has 1 amide bonds. The second kappa shape index (κ2) is 11.3. The van der Waals surface area contributed by atoms with Gasteiger partial charge in [-0.2, -0.15) is 0 Å². The van der Waals surface area contributed by atoms with Crippen molar-refractivity contribution in [2.75, 3.05) is 34.9 Å². The molecule has 0 fully saturated rings. The van der Waals surface area contributed by atoms with Crippen molar-refractivity contribution in [2.24, 2.45) is 0 Å². The van der Waals surface area contributed by atoms with Gasteiger partial charge in [0.1, 0.15) is 12.4 Å². The second-order valence-corrected chi connectivity index (χ2v) is 7.73. The zero-order chi connectivity index (χ0) is 23.8. The standard InChI is InChI=1S/C26H29FN2O4/c1-29(2)22(19-11-8-12-21(27)13-19)16-28-26(30)20-14-23(31-3)25(24(15-20)32-4)33-17-18-9-6-5-7-10-18/h5-15,22H,16-17H2,1-4H3,(H,28,30). The lowest BCUT2D eigenvalue weighted by atomic mass is 10.1. The number of ether oxygens (including phenoxy) is 3. The minimum atomic E-state index is -0.314. The molecule has 0 aliphatic carbocycles. The number of carbonyl (C=O) groups is 1. The van der Waals surface area contributed by atoms with Gasteiger partial charge in [-0.1, -0.05) is 42.5 Å². The van der Waals surface area contributed by atoms with Gasteiger partial charge in [0.15, 0.2) is 11.5 Å². The first-order valence-corrected chi connectivity index (χ1v) is 10.6. The Kier molecular flexibility index (Phi) is 8.27. The Hall–Kier alpha value is -3.58. The predicted molar refractivity (Wildman–Crippen MR) is 125 cm³/mol. The molecule has 33 heavy (non-hydrogen) atoms. The molecule has 1 atom stereocenters. The Labute approximate surface area is 193 Å². The van der Waals surface area contributed by atoms with Crippen LogP contribution in [0.2, 0.25) is 0 Å². The van der Waals surface area contributed by atoms with E-state index in [4.69, 9.17) is 14.2 Å². The van der Waals surface area contributed by atoms with Gasteiger partial charge >= 0.3 is 0 Å². The van der Waals surface area contributed by atoms with Gasteiger partial charge in [-0.15, -0.1) is 0 Å².